The van der Waals surface area contributed by atoms with Gasteiger partial charge in [-0.05, 0) is 57.9 Å². The maximum absolute atomic E-state index is 14.6. The van der Waals surface area contributed by atoms with Crippen LogP contribution in [0, 0.1) is 17.8 Å². The molecule has 1 aromatic rings. The molecule has 7 atom stereocenters. The summed E-state index contributed by atoms with van der Waals surface area (Å²) in [5.74, 6) is -3.20. The van der Waals surface area contributed by atoms with Gasteiger partial charge in [0.25, 0.3) is 0 Å². The van der Waals surface area contributed by atoms with E-state index < -0.39 is 53.2 Å². The summed E-state index contributed by atoms with van der Waals surface area (Å²) in [7, 11) is 0. The number of fused-ring (bicyclic) bond motifs is 1. The SMILES string of the molecule is C=CCCC(=O)NC[C@@H](OC(=O)[C@@H]1[C@@H]2CC[C@]3(O2)[C@H](C(=O)N(CC=C)C(C)(C)C)N([C@@H](CO)CC(C)C)C(=O)[C@@H]13)c1ccccc1. The van der Waals surface area contributed by atoms with Crippen LogP contribution in [0.25, 0.3) is 0 Å². The van der Waals surface area contributed by atoms with E-state index in [-0.39, 0.29) is 49.8 Å². The van der Waals surface area contributed by atoms with Crippen LogP contribution in [0.15, 0.2) is 55.6 Å². The maximum atomic E-state index is 14.6. The van der Waals surface area contributed by atoms with Gasteiger partial charge in [0.05, 0.1) is 37.1 Å². The van der Waals surface area contributed by atoms with Gasteiger partial charge in [-0.3, -0.25) is 19.2 Å². The highest BCUT2D eigenvalue weighted by molar-refractivity contribution is 5.98. The lowest BCUT2D eigenvalue weighted by atomic mass is 9.70. The second-order valence-electron chi connectivity index (χ2n) is 14.1. The van der Waals surface area contributed by atoms with E-state index in [4.69, 9.17) is 9.47 Å². The zero-order chi connectivity index (χ0) is 33.8. The van der Waals surface area contributed by atoms with Gasteiger partial charge in [-0.25, -0.2) is 0 Å². The Hall–Kier alpha value is -3.50. The van der Waals surface area contributed by atoms with E-state index in [0.717, 1.165) is 0 Å². The van der Waals surface area contributed by atoms with Crippen molar-refractivity contribution >= 4 is 23.7 Å². The van der Waals surface area contributed by atoms with Gasteiger partial charge in [0.15, 0.2) is 0 Å². The molecule has 10 nitrogen and oxygen atoms in total. The van der Waals surface area contributed by atoms with Crippen molar-refractivity contribution in [3.05, 3.63) is 61.2 Å². The van der Waals surface area contributed by atoms with Crippen molar-refractivity contribution in [3.63, 3.8) is 0 Å². The van der Waals surface area contributed by atoms with Gasteiger partial charge in [0.1, 0.15) is 17.7 Å². The molecule has 3 aliphatic rings. The minimum atomic E-state index is -1.24. The monoisotopic (exact) mass is 637 g/mol. The number of likely N-dealkylation sites (tertiary alicyclic amines) is 1. The highest BCUT2D eigenvalue weighted by Crippen LogP contribution is 2.59. The van der Waals surface area contributed by atoms with Gasteiger partial charge in [0, 0.05) is 18.5 Å². The molecule has 3 fully saturated rings. The quantitative estimate of drug-likeness (QED) is 0.220. The summed E-state index contributed by atoms with van der Waals surface area (Å²) in [6.07, 6.45) is 4.11. The highest BCUT2D eigenvalue weighted by Gasteiger charge is 2.76. The molecular weight excluding hydrogens is 586 g/mol. The van der Waals surface area contributed by atoms with Crippen LogP contribution in [-0.2, 0) is 28.7 Å². The molecule has 3 heterocycles. The molecule has 2 N–H and O–H groups in total. The molecule has 1 spiro atoms. The van der Waals surface area contributed by atoms with Crippen LogP contribution in [0.1, 0.15) is 78.4 Å². The first-order valence-electron chi connectivity index (χ1n) is 16.5. The van der Waals surface area contributed by atoms with E-state index in [1.807, 2.05) is 65.0 Å². The maximum Gasteiger partial charge on any atom is 0.313 e. The standard InChI is InChI=1S/C36H51N3O7/c1-8-10-16-28(41)37-21-27(24-14-12-11-13-15-24)45-34(44)29-26-17-18-36(46-26)30(29)32(42)39(25(22-40)20-23(3)4)31(36)33(43)38(19-9-2)35(5,6)7/h8-9,11-15,23,25-27,29-31,40H,1-2,10,16-22H2,3-7H3,(H,37,41)/t25-,26+,27-,29-,30-,31+,36-/m1/s1. The average molecular weight is 638 g/mol. The van der Waals surface area contributed by atoms with Gasteiger partial charge < -0.3 is 29.7 Å². The van der Waals surface area contributed by atoms with Crippen LogP contribution in [0.2, 0.25) is 0 Å². The number of allylic oxidation sites excluding steroid dienone is 1. The molecule has 1 aromatic carbocycles. The lowest BCUT2D eigenvalue weighted by molar-refractivity contribution is -0.161. The molecular formula is C36H51N3O7. The van der Waals surface area contributed by atoms with Gasteiger partial charge in [-0.1, -0.05) is 56.3 Å². The van der Waals surface area contributed by atoms with Gasteiger partial charge in [-0.15, -0.1) is 13.2 Å². The number of aliphatic hydroxyl groups excluding tert-OH is 1. The number of aliphatic hydroxyl groups is 1. The van der Waals surface area contributed by atoms with Crippen LogP contribution in [-0.4, -0.2) is 87.6 Å². The summed E-state index contributed by atoms with van der Waals surface area (Å²) in [5, 5.41) is 13.4. The summed E-state index contributed by atoms with van der Waals surface area (Å²) in [6, 6.07) is 7.50. The number of esters is 1. The summed E-state index contributed by atoms with van der Waals surface area (Å²) in [5.41, 5.74) is -1.12. The number of nitrogens with one attached hydrogen (secondary N) is 1. The van der Waals surface area contributed by atoms with E-state index in [2.05, 4.69) is 18.5 Å². The molecule has 3 aliphatic heterocycles. The smallest absolute Gasteiger partial charge is 0.313 e. The molecule has 10 heteroatoms. The van der Waals surface area contributed by atoms with Crippen molar-refractivity contribution in [3.8, 4) is 0 Å². The largest absolute Gasteiger partial charge is 0.455 e. The Morgan fingerprint density at radius 2 is 1.89 bits per heavy atom. The van der Waals surface area contributed by atoms with Crippen LogP contribution in [0.4, 0.5) is 0 Å². The van der Waals surface area contributed by atoms with E-state index in [1.165, 1.54) is 4.90 Å². The first-order valence-corrected chi connectivity index (χ1v) is 16.5. The van der Waals surface area contributed by atoms with Gasteiger partial charge in [0.2, 0.25) is 17.7 Å². The Kier molecular flexibility index (Phi) is 11.2. The third-order valence-corrected chi connectivity index (χ3v) is 9.47. The molecule has 0 unspecified atom stereocenters. The van der Waals surface area contributed by atoms with Crippen LogP contribution < -0.4 is 5.32 Å². The minimum Gasteiger partial charge on any atom is -0.455 e. The zero-order valence-corrected chi connectivity index (χ0v) is 27.9. The summed E-state index contributed by atoms with van der Waals surface area (Å²) < 4.78 is 12.7. The minimum absolute atomic E-state index is 0.0596. The predicted octanol–water partition coefficient (Wildman–Crippen LogP) is 3.95. The third kappa shape index (κ3) is 6.93. The summed E-state index contributed by atoms with van der Waals surface area (Å²) in [6.45, 7) is 17.3. The molecule has 0 radical (unpaired) electrons. The zero-order valence-electron chi connectivity index (χ0n) is 27.9. The van der Waals surface area contributed by atoms with E-state index in [0.29, 0.717) is 31.2 Å². The first-order chi connectivity index (χ1) is 21.8. The van der Waals surface area contributed by atoms with Crippen molar-refractivity contribution in [2.45, 2.75) is 102 Å². The average Bonchev–Trinajstić information content (AvgIpc) is 3.66. The Balaban J connectivity index is 1.70. The molecule has 3 amide bonds. The van der Waals surface area contributed by atoms with Crippen LogP contribution in [0.3, 0.4) is 0 Å². The molecule has 0 saturated carbocycles. The van der Waals surface area contributed by atoms with Crippen molar-refractivity contribution in [2.75, 3.05) is 19.7 Å². The third-order valence-electron chi connectivity index (χ3n) is 9.47. The Labute approximate surface area is 273 Å². The number of hydrogen-bond donors (Lipinski definition) is 2. The Morgan fingerprint density at radius 1 is 1.20 bits per heavy atom. The Morgan fingerprint density at radius 3 is 2.48 bits per heavy atom. The van der Waals surface area contributed by atoms with Crippen molar-refractivity contribution < 1.29 is 33.8 Å². The molecule has 2 bridgehead atoms. The molecule has 4 rings (SSSR count). The summed E-state index contributed by atoms with van der Waals surface area (Å²) in [4.78, 5) is 58.9. The summed E-state index contributed by atoms with van der Waals surface area (Å²) >= 11 is 0. The van der Waals surface area contributed by atoms with E-state index in [1.54, 1.807) is 17.1 Å². The fourth-order valence-electron chi connectivity index (χ4n) is 7.46. The van der Waals surface area contributed by atoms with E-state index in [9.17, 15) is 24.3 Å². The molecule has 46 heavy (non-hydrogen) atoms. The second-order valence-corrected chi connectivity index (χ2v) is 14.1. The number of rotatable bonds is 15. The van der Waals surface area contributed by atoms with Crippen molar-refractivity contribution in [1.82, 2.24) is 15.1 Å². The predicted molar refractivity (Wildman–Crippen MR) is 174 cm³/mol. The number of hydrogen-bond acceptors (Lipinski definition) is 7. The number of amides is 3. The topological polar surface area (TPSA) is 125 Å². The number of carbonyl (C=O) groups excluding carboxylic acids is 4. The van der Waals surface area contributed by atoms with Crippen molar-refractivity contribution in [1.29, 1.82) is 0 Å². The van der Waals surface area contributed by atoms with Crippen LogP contribution in [0.5, 0.6) is 0 Å². The molecule has 0 aliphatic carbocycles. The lowest BCUT2D eigenvalue weighted by Crippen LogP contribution is -2.61. The molecule has 3 saturated heterocycles. The van der Waals surface area contributed by atoms with Gasteiger partial charge in [-0.2, -0.15) is 0 Å². The van der Waals surface area contributed by atoms with E-state index >= 15 is 0 Å². The van der Waals surface area contributed by atoms with Crippen LogP contribution >= 0.6 is 0 Å². The normalized spacial score (nSPS) is 26.4. The second kappa shape index (κ2) is 14.5. The van der Waals surface area contributed by atoms with Gasteiger partial charge >= 0.3 is 5.97 Å². The number of nitrogens with zero attached hydrogens (tertiary/aromatic N) is 2. The lowest BCUT2D eigenvalue weighted by Gasteiger charge is -2.43. The fraction of sp³-hybridized carbons (Fsp3) is 0.611. The van der Waals surface area contributed by atoms with Crippen molar-refractivity contribution in [2.24, 2.45) is 17.8 Å². The fourth-order valence-corrected chi connectivity index (χ4v) is 7.46. The number of ether oxygens (including phenoxy) is 2. The molecule has 252 valence electrons. The first kappa shape index (κ1) is 35.4. The molecule has 0 aromatic heterocycles. The highest BCUT2D eigenvalue weighted by atomic mass is 16.6. The Bertz CT molecular complexity index is 1290. The number of carbonyl (C=O) groups is 4. The number of benzene rings is 1.